The van der Waals surface area contributed by atoms with Gasteiger partial charge in [0.05, 0.1) is 5.69 Å². The van der Waals surface area contributed by atoms with Crippen LogP contribution in [0, 0.1) is 6.92 Å². The first-order valence-electron chi connectivity index (χ1n) is 8.48. The lowest BCUT2D eigenvalue weighted by atomic mass is 10.0. The number of amides is 1. The normalized spacial score (nSPS) is 17.5. The van der Waals surface area contributed by atoms with Crippen LogP contribution in [0.25, 0.3) is 5.65 Å². The molecule has 0 radical (unpaired) electrons. The summed E-state index contributed by atoms with van der Waals surface area (Å²) in [6, 6.07) is 3.25. The van der Waals surface area contributed by atoms with Crippen LogP contribution < -0.4 is 5.56 Å². The topological polar surface area (TPSA) is 99.1 Å². The number of nitrogens with zero attached hydrogens (tertiary/aromatic N) is 4. The van der Waals surface area contributed by atoms with E-state index < -0.39 is 0 Å². The van der Waals surface area contributed by atoms with E-state index in [2.05, 4.69) is 22.2 Å². The minimum absolute atomic E-state index is 0.0652. The first kappa shape index (κ1) is 15.6. The van der Waals surface area contributed by atoms with Crippen molar-refractivity contribution < 1.29 is 4.79 Å². The molecule has 1 fully saturated rings. The molecule has 2 N–H and O–H groups in total. The quantitative estimate of drug-likeness (QED) is 0.749. The number of hydrogen-bond acceptors (Lipinski definition) is 4. The monoisotopic (exact) mass is 340 g/mol. The molecule has 0 spiro atoms. The van der Waals surface area contributed by atoms with Gasteiger partial charge in [-0.25, -0.2) is 9.50 Å². The van der Waals surface area contributed by atoms with E-state index in [4.69, 9.17) is 4.98 Å². The predicted octanol–water partition coefficient (Wildman–Crippen LogP) is 1.25. The second-order valence-corrected chi connectivity index (χ2v) is 6.45. The Labute approximate surface area is 143 Å². The van der Waals surface area contributed by atoms with Crippen molar-refractivity contribution in [2.75, 3.05) is 13.1 Å². The summed E-state index contributed by atoms with van der Waals surface area (Å²) >= 11 is 0. The molecule has 1 atom stereocenters. The van der Waals surface area contributed by atoms with E-state index in [-0.39, 0.29) is 17.4 Å². The molecule has 25 heavy (non-hydrogen) atoms. The Morgan fingerprint density at radius 1 is 1.44 bits per heavy atom. The number of likely N-dealkylation sites (tertiary alicyclic amines) is 1. The van der Waals surface area contributed by atoms with Crippen LogP contribution in [0.4, 0.5) is 0 Å². The van der Waals surface area contributed by atoms with Crippen LogP contribution in [-0.2, 0) is 6.42 Å². The van der Waals surface area contributed by atoms with Crippen LogP contribution in [0.5, 0.6) is 0 Å². The fourth-order valence-electron chi connectivity index (χ4n) is 3.58. The molecule has 3 aromatic rings. The largest absolute Gasteiger partial charge is 0.337 e. The molecular formula is C17H20N6O2. The van der Waals surface area contributed by atoms with E-state index in [0.717, 1.165) is 29.8 Å². The van der Waals surface area contributed by atoms with Crippen molar-refractivity contribution in [3.05, 3.63) is 51.3 Å². The fraction of sp³-hybridized carbons (Fsp3) is 0.412. The number of H-pyrrole nitrogens is 2. The summed E-state index contributed by atoms with van der Waals surface area (Å²) in [5.41, 5.74) is 3.85. The number of hydrogen-bond donors (Lipinski definition) is 2. The van der Waals surface area contributed by atoms with Crippen molar-refractivity contribution >= 4 is 11.6 Å². The molecule has 3 aromatic heterocycles. The fourth-order valence-corrected chi connectivity index (χ4v) is 3.58. The lowest BCUT2D eigenvalue weighted by Gasteiger charge is -2.15. The lowest BCUT2D eigenvalue weighted by molar-refractivity contribution is 0.0785. The summed E-state index contributed by atoms with van der Waals surface area (Å²) in [6.07, 6.45) is 3.18. The van der Waals surface area contributed by atoms with Gasteiger partial charge in [-0.1, -0.05) is 6.92 Å². The zero-order valence-corrected chi connectivity index (χ0v) is 14.2. The minimum Gasteiger partial charge on any atom is -0.337 e. The number of aryl methyl sites for hydroxylation is 2. The van der Waals surface area contributed by atoms with Crippen molar-refractivity contribution in [1.29, 1.82) is 0 Å². The Bertz CT molecular complexity index is 985. The summed E-state index contributed by atoms with van der Waals surface area (Å²) in [6.45, 7) is 5.21. The Morgan fingerprint density at radius 3 is 3.00 bits per heavy atom. The predicted molar refractivity (Wildman–Crippen MR) is 91.8 cm³/mol. The molecule has 0 bridgehead atoms. The van der Waals surface area contributed by atoms with Crippen LogP contribution in [0.2, 0.25) is 0 Å². The number of aromatic amines is 2. The molecular weight excluding hydrogens is 320 g/mol. The van der Waals surface area contributed by atoms with E-state index in [1.807, 2.05) is 6.92 Å². The van der Waals surface area contributed by atoms with Crippen molar-refractivity contribution in [2.24, 2.45) is 0 Å². The molecule has 8 heteroatoms. The van der Waals surface area contributed by atoms with Gasteiger partial charge in [0.25, 0.3) is 11.5 Å². The van der Waals surface area contributed by atoms with Crippen molar-refractivity contribution in [3.63, 3.8) is 0 Å². The molecule has 130 valence electrons. The zero-order valence-electron chi connectivity index (χ0n) is 14.2. The molecule has 8 nitrogen and oxygen atoms in total. The number of aromatic nitrogens is 5. The molecule has 4 rings (SSSR count). The second kappa shape index (κ2) is 5.87. The van der Waals surface area contributed by atoms with Gasteiger partial charge in [0.15, 0.2) is 5.65 Å². The van der Waals surface area contributed by atoms with Gasteiger partial charge in [0, 0.05) is 42.5 Å². The molecule has 1 amide bonds. The van der Waals surface area contributed by atoms with E-state index >= 15 is 0 Å². The van der Waals surface area contributed by atoms with Crippen molar-refractivity contribution in [3.8, 4) is 0 Å². The highest BCUT2D eigenvalue weighted by Crippen LogP contribution is 2.27. The zero-order chi connectivity index (χ0) is 17.6. The summed E-state index contributed by atoms with van der Waals surface area (Å²) in [4.78, 5) is 31.4. The molecule has 1 saturated heterocycles. The van der Waals surface area contributed by atoms with Gasteiger partial charge in [-0.15, -0.1) is 0 Å². The average Bonchev–Trinajstić information content (AvgIpc) is 3.33. The molecule has 0 aliphatic carbocycles. The highest BCUT2D eigenvalue weighted by molar-refractivity contribution is 5.92. The summed E-state index contributed by atoms with van der Waals surface area (Å²) < 4.78 is 1.50. The molecule has 4 heterocycles. The van der Waals surface area contributed by atoms with Gasteiger partial charge in [0.1, 0.15) is 5.69 Å². The standard InChI is InChI=1S/C17H20N6O2/c1-3-12-10(2)21-23-15(24)8-14(19-16(12)23)11-5-7-22(9-11)17(25)13-4-6-18-20-13/h4,6,8,11,21H,3,5,7,9H2,1-2H3,(H,18,20)/t11-/m1/s1. The van der Waals surface area contributed by atoms with E-state index in [0.29, 0.717) is 24.4 Å². The maximum atomic E-state index is 12.4. The third-order valence-electron chi connectivity index (χ3n) is 4.92. The molecule has 1 aliphatic heterocycles. The van der Waals surface area contributed by atoms with E-state index in [1.165, 1.54) is 4.52 Å². The van der Waals surface area contributed by atoms with Gasteiger partial charge < -0.3 is 4.90 Å². The molecule has 0 unspecified atom stereocenters. The molecule has 0 aromatic carbocycles. The minimum atomic E-state index is -0.110. The van der Waals surface area contributed by atoms with Gasteiger partial charge >= 0.3 is 0 Å². The first-order chi connectivity index (χ1) is 12.1. The number of carbonyl (C=O) groups is 1. The van der Waals surface area contributed by atoms with E-state index in [9.17, 15) is 9.59 Å². The Kier molecular flexibility index (Phi) is 3.67. The highest BCUT2D eigenvalue weighted by atomic mass is 16.2. The number of nitrogens with one attached hydrogen (secondary N) is 2. The molecule has 1 aliphatic rings. The third kappa shape index (κ3) is 2.54. The van der Waals surface area contributed by atoms with Crippen molar-refractivity contribution in [2.45, 2.75) is 32.6 Å². The maximum absolute atomic E-state index is 12.4. The SMILES string of the molecule is CCc1c(C)[nH]n2c(=O)cc([C@@H]3CCN(C(=O)c4ccn[nH]4)C3)nc12. The van der Waals surface area contributed by atoms with Gasteiger partial charge in [-0.2, -0.15) is 5.10 Å². The smallest absolute Gasteiger partial charge is 0.272 e. The summed E-state index contributed by atoms with van der Waals surface area (Å²) in [5.74, 6) is 0.00835. The third-order valence-corrected chi connectivity index (χ3v) is 4.92. The van der Waals surface area contributed by atoms with Crippen LogP contribution in [0.1, 0.15) is 46.7 Å². The molecule has 0 saturated carbocycles. The number of carbonyl (C=O) groups excluding carboxylic acids is 1. The summed E-state index contributed by atoms with van der Waals surface area (Å²) in [5, 5.41) is 9.61. The van der Waals surface area contributed by atoms with Crippen LogP contribution >= 0.6 is 0 Å². The van der Waals surface area contributed by atoms with Crippen LogP contribution in [0.15, 0.2) is 23.1 Å². The Balaban J connectivity index is 1.64. The lowest BCUT2D eigenvalue weighted by Crippen LogP contribution is -2.29. The number of fused-ring (bicyclic) bond motifs is 1. The van der Waals surface area contributed by atoms with Crippen LogP contribution in [0.3, 0.4) is 0 Å². The summed E-state index contributed by atoms with van der Waals surface area (Å²) in [7, 11) is 0. The first-order valence-corrected chi connectivity index (χ1v) is 8.48. The van der Waals surface area contributed by atoms with E-state index in [1.54, 1.807) is 23.2 Å². The maximum Gasteiger partial charge on any atom is 0.272 e. The number of rotatable bonds is 3. The van der Waals surface area contributed by atoms with Gasteiger partial charge in [0.2, 0.25) is 0 Å². The Morgan fingerprint density at radius 2 is 2.28 bits per heavy atom. The van der Waals surface area contributed by atoms with Gasteiger partial charge in [-0.05, 0) is 25.8 Å². The van der Waals surface area contributed by atoms with Crippen molar-refractivity contribution in [1.82, 2.24) is 29.7 Å². The second-order valence-electron chi connectivity index (χ2n) is 6.45. The van der Waals surface area contributed by atoms with Gasteiger partial charge in [-0.3, -0.25) is 19.8 Å². The average molecular weight is 340 g/mol. The van der Waals surface area contributed by atoms with Crippen LogP contribution in [-0.4, -0.2) is 48.7 Å². The highest BCUT2D eigenvalue weighted by Gasteiger charge is 2.30. The Hall–Kier alpha value is -2.90.